The molecule has 3 aromatic rings. The van der Waals surface area contributed by atoms with Crippen molar-refractivity contribution in [1.82, 2.24) is 14.9 Å². The lowest BCUT2D eigenvalue weighted by Crippen LogP contribution is -2.32. The van der Waals surface area contributed by atoms with Gasteiger partial charge in [0.15, 0.2) is 0 Å². The Balaban J connectivity index is 1.79. The number of nitrogens with zero attached hydrogens (tertiary/aromatic N) is 3. The molecule has 0 bridgehead atoms. The number of imidazole rings is 1. The summed E-state index contributed by atoms with van der Waals surface area (Å²) in [6.07, 6.45) is 3.26. The van der Waals surface area contributed by atoms with Gasteiger partial charge in [-0.3, -0.25) is 19.7 Å². The van der Waals surface area contributed by atoms with Crippen LogP contribution < -0.4 is 11.1 Å². The number of halogens is 1. The second kappa shape index (κ2) is 9.39. The minimum atomic E-state index is -0.787. The van der Waals surface area contributed by atoms with Gasteiger partial charge < -0.3 is 15.6 Å². The van der Waals surface area contributed by atoms with E-state index in [2.05, 4.69) is 10.3 Å². The van der Waals surface area contributed by atoms with E-state index < -0.39 is 28.6 Å². The lowest BCUT2D eigenvalue weighted by Gasteiger charge is -2.19. The van der Waals surface area contributed by atoms with E-state index in [1.54, 1.807) is 30.1 Å². The smallest absolute Gasteiger partial charge is 0.283 e. The average molecular weight is 443 g/mol. The van der Waals surface area contributed by atoms with Gasteiger partial charge in [0.2, 0.25) is 11.8 Å². The number of aryl methyl sites for hydroxylation is 1. The highest BCUT2D eigenvalue weighted by Gasteiger charge is 2.23. The van der Waals surface area contributed by atoms with Gasteiger partial charge in [-0.1, -0.05) is 12.1 Å². The minimum Gasteiger partial charge on any atom is -0.366 e. The lowest BCUT2D eigenvalue weighted by molar-refractivity contribution is -0.387. The molecule has 0 saturated carbocycles. The third-order valence-electron chi connectivity index (χ3n) is 4.40. The van der Waals surface area contributed by atoms with E-state index in [0.29, 0.717) is 11.4 Å². The Morgan fingerprint density at radius 3 is 2.71 bits per heavy atom. The number of carbonyl (C=O) groups excluding carboxylic acids is 2. The first-order valence-electron chi connectivity index (χ1n) is 8.99. The summed E-state index contributed by atoms with van der Waals surface area (Å²) in [6.45, 7) is 0. The molecule has 0 radical (unpaired) electrons. The van der Waals surface area contributed by atoms with E-state index in [1.165, 1.54) is 30.3 Å². The van der Waals surface area contributed by atoms with Crippen LogP contribution in [-0.2, 0) is 11.8 Å². The van der Waals surface area contributed by atoms with Crippen LogP contribution in [0.2, 0.25) is 0 Å². The molecule has 0 saturated heterocycles. The second-order valence-corrected chi connectivity index (χ2v) is 7.56. The highest BCUT2D eigenvalue weighted by molar-refractivity contribution is 8.00. The number of hydrogen-bond donors (Lipinski definition) is 2. The molecule has 1 heterocycles. The first kappa shape index (κ1) is 22.0. The molecular formula is C20H18FN5O4S. The van der Waals surface area contributed by atoms with E-state index in [4.69, 9.17) is 5.73 Å². The lowest BCUT2D eigenvalue weighted by atomic mass is 10.1. The number of nitro groups is 1. The van der Waals surface area contributed by atoms with Crippen LogP contribution in [0.3, 0.4) is 0 Å². The SMILES string of the molecule is Cn1ccnc1C(NC(=O)CSc1ccc(C(N)=O)cc1[N+](=O)[O-])c1cccc(F)c1. The zero-order valence-electron chi connectivity index (χ0n) is 16.3. The second-order valence-electron chi connectivity index (χ2n) is 6.54. The van der Waals surface area contributed by atoms with Crippen LogP contribution in [0.1, 0.15) is 27.8 Å². The topological polar surface area (TPSA) is 133 Å². The number of benzene rings is 2. The number of amides is 2. The fraction of sp³-hybridized carbons (Fsp3) is 0.150. The monoisotopic (exact) mass is 443 g/mol. The highest BCUT2D eigenvalue weighted by Crippen LogP contribution is 2.30. The Morgan fingerprint density at radius 2 is 2.10 bits per heavy atom. The van der Waals surface area contributed by atoms with Gasteiger partial charge in [0.25, 0.3) is 5.69 Å². The van der Waals surface area contributed by atoms with Crippen molar-refractivity contribution in [3.63, 3.8) is 0 Å². The molecule has 2 amide bonds. The van der Waals surface area contributed by atoms with Crippen LogP contribution in [-0.4, -0.2) is 32.0 Å². The Bertz CT molecular complexity index is 1150. The van der Waals surface area contributed by atoms with Gasteiger partial charge in [0.1, 0.15) is 17.7 Å². The van der Waals surface area contributed by atoms with Crippen molar-refractivity contribution in [2.45, 2.75) is 10.9 Å². The Hall–Kier alpha value is -3.73. The summed E-state index contributed by atoms with van der Waals surface area (Å²) >= 11 is 0.939. The third kappa shape index (κ3) is 5.25. The molecule has 1 atom stereocenters. The van der Waals surface area contributed by atoms with Gasteiger partial charge in [-0.15, -0.1) is 11.8 Å². The van der Waals surface area contributed by atoms with E-state index in [9.17, 15) is 24.1 Å². The van der Waals surface area contributed by atoms with Crippen LogP contribution in [0.25, 0.3) is 0 Å². The number of nitrogens with one attached hydrogen (secondary N) is 1. The van der Waals surface area contributed by atoms with Gasteiger partial charge in [-0.05, 0) is 29.8 Å². The maximum absolute atomic E-state index is 13.7. The van der Waals surface area contributed by atoms with Crippen molar-refractivity contribution in [2.75, 3.05) is 5.75 Å². The molecule has 0 aliphatic rings. The van der Waals surface area contributed by atoms with Crippen molar-refractivity contribution in [3.05, 3.63) is 87.7 Å². The number of aromatic nitrogens is 2. The molecule has 1 aromatic heterocycles. The molecule has 160 valence electrons. The average Bonchev–Trinajstić information content (AvgIpc) is 3.15. The first-order chi connectivity index (χ1) is 14.8. The fourth-order valence-electron chi connectivity index (χ4n) is 2.92. The Kier molecular flexibility index (Phi) is 6.65. The van der Waals surface area contributed by atoms with Gasteiger partial charge in [0.05, 0.1) is 15.6 Å². The summed E-state index contributed by atoms with van der Waals surface area (Å²) in [7, 11) is 1.75. The quantitative estimate of drug-likeness (QED) is 0.312. The maximum Gasteiger partial charge on any atom is 0.283 e. The molecule has 1 unspecified atom stereocenters. The van der Waals surface area contributed by atoms with Gasteiger partial charge in [-0.2, -0.15) is 0 Å². The molecule has 11 heteroatoms. The number of nitrogens with two attached hydrogens (primary N) is 1. The van der Waals surface area contributed by atoms with Crippen molar-refractivity contribution >= 4 is 29.3 Å². The Morgan fingerprint density at radius 1 is 1.32 bits per heavy atom. The minimum absolute atomic E-state index is 0.00134. The fourth-order valence-corrected chi connectivity index (χ4v) is 3.74. The standard InChI is InChI=1S/C20H18FN5O4S/c1-25-8-7-23-20(25)18(12-3-2-4-14(21)9-12)24-17(27)11-31-16-6-5-13(19(22)28)10-15(16)26(29)30/h2-10,18H,11H2,1H3,(H2,22,28)(H,24,27). The van der Waals surface area contributed by atoms with Crippen molar-refractivity contribution in [3.8, 4) is 0 Å². The van der Waals surface area contributed by atoms with Gasteiger partial charge in [0, 0.05) is 31.1 Å². The normalized spacial score (nSPS) is 11.7. The number of primary amides is 1. The predicted octanol–water partition coefficient (Wildman–Crippen LogP) is 2.56. The molecule has 2 aromatic carbocycles. The zero-order chi connectivity index (χ0) is 22.5. The molecule has 0 fully saturated rings. The third-order valence-corrected chi connectivity index (χ3v) is 5.47. The van der Waals surface area contributed by atoms with Gasteiger partial charge >= 0.3 is 0 Å². The molecule has 31 heavy (non-hydrogen) atoms. The molecule has 3 N–H and O–H groups in total. The summed E-state index contributed by atoms with van der Waals surface area (Å²) in [4.78, 5) is 39.0. The molecular weight excluding hydrogens is 425 g/mol. The highest BCUT2D eigenvalue weighted by atomic mass is 32.2. The summed E-state index contributed by atoms with van der Waals surface area (Å²) in [5.41, 5.74) is 5.35. The predicted molar refractivity (Wildman–Crippen MR) is 112 cm³/mol. The summed E-state index contributed by atoms with van der Waals surface area (Å²) in [5.74, 6) is -1.32. The van der Waals surface area contributed by atoms with Crippen molar-refractivity contribution < 1.29 is 18.9 Å². The van der Waals surface area contributed by atoms with Crippen molar-refractivity contribution in [1.29, 1.82) is 0 Å². The molecule has 0 spiro atoms. The van der Waals surface area contributed by atoms with Crippen LogP contribution in [0.5, 0.6) is 0 Å². The van der Waals surface area contributed by atoms with E-state index >= 15 is 0 Å². The summed E-state index contributed by atoms with van der Waals surface area (Å²) in [5, 5.41) is 14.1. The molecule has 9 nitrogen and oxygen atoms in total. The van der Waals surface area contributed by atoms with Gasteiger partial charge in [-0.25, -0.2) is 9.37 Å². The number of thioether (sulfide) groups is 1. The van der Waals surface area contributed by atoms with Crippen molar-refractivity contribution in [2.24, 2.45) is 12.8 Å². The molecule has 3 rings (SSSR count). The largest absolute Gasteiger partial charge is 0.366 e. The first-order valence-corrected chi connectivity index (χ1v) is 9.98. The van der Waals surface area contributed by atoms with E-state index in [-0.39, 0.29) is 21.9 Å². The van der Waals surface area contributed by atoms with Crippen LogP contribution >= 0.6 is 11.8 Å². The number of nitro benzene ring substituents is 1. The zero-order valence-corrected chi connectivity index (χ0v) is 17.1. The van der Waals surface area contributed by atoms with Crippen LogP contribution in [0.4, 0.5) is 10.1 Å². The number of rotatable bonds is 8. The van der Waals surface area contributed by atoms with E-state index in [1.807, 2.05) is 0 Å². The van der Waals surface area contributed by atoms with Crippen LogP contribution in [0.15, 0.2) is 59.8 Å². The molecule has 0 aliphatic heterocycles. The number of hydrogen-bond acceptors (Lipinski definition) is 6. The maximum atomic E-state index is 13.7. The summed E-state index contributed by atoms with van der Waals surface area (Å²) < 4.78 is 15.5. The molecule has 0 aliphatic carbocycles. The number of carbonyl (C=O) groups is 2. The Labute approximate surface area is 180 Å². The van der Waals surface area contributed by atoms with E-state index in [0.717, 1.165) is 17.8 Å². The van der Waals surface area contributed by atoms with Crippen LogP contribution in [0, 0.1) is 15.9 Å². The summed E-state index contributed by atoms with van der Waals surface area (Å²) in [6, 6.07) is 8.90.